The number of aryl methyl sites for hydroxylation is 1. The lowest BCUT2D eigenvalue weighted by atomic mass is 10.1. The largest absolute Gasteiger partial charge is 1.00 e. The third kappa shape index (κ3) is 2.37. The van der Waals surface area contributed by atoms with E-state index in [0.29, 0.717) is 6.17 Å². The van der Waals surface area contributed by atoms with Crippen LogP contribution in [0.1, 0.15) is 17.3 Å². The number of rotatable bonds is 1. The highest BCUT2D eigenvalue weighted by atomic mass is 127. The quantitative estimate of drug-likeness (QED) is 0.656. The molecule has 0 saturated heterocycles. The van der Waals surface area contributed by atoms with Gasteiger partial charge in [0.25, 0.3) is 0 Å². The van der Waals surface area contributed by atoms with Crippen LogP contribution in [-0.2, 0) is 0 Å². The summed E-state index contributed by atoms with van der Waals surface area (Å²) in [5, 5.41) is 0. The standard InChI is InChI=1S/C16H18N2.HI/c1-12-8-10-13(11-9-12)16-17(2)14-6-4-5-7-15(14)18(16)3;/h4-11,16H,1-3H3;1H. The molecule has 0 aromatic heterocycles. The molecule has 2 unspecified atom stereocenters. The number of fused-ring (bicyclic) bond motifs is 1. The van der Waals surface area contributed by atoms with Gasteiger partial charge in [0.05, 0.1) is 7.05 Å². The molecule has 1 aliphatic rings. The molecule has 0 bridgehead atoms. The molecule has 1 N–H and O–H groups in total. The van der Waals surface area contributed by atoms with Crippen LogP contribution in [0.25, 0.3) is 0 Å². The second-order valence-electron chi connectivity index (χ2n) is 5.12. The summed E-state index contributed by atoms with van der Waals surface area (Å²) in [4.78, 5) is 3.81. The van der Waals surface area contributed by atoms with Crippen LogP contribution in [0.4, 0.5) is 11.4 Å². The zero-order valence-corrected chi connectivity index (χ0v) is 13.7. The van der Waals surface area contributed by atoms with Gasteiger partial charge in [-0.25, -0.2) is 0 Å². The fraction of sp³-hybridized carbons (Fsp3) is 0.250. The van der Waals surface area contributed by atoms with E-state index in [2.05, 4.69) is 74.4 Å². The molecule has 3 heteroatoms. The van der Waals surface area contributed by atoms with Crippen molar-refractivity contribution in [3.05, 3.63) is 59.7 Å². The van der Waals surface area contributed by atoms with Gasteiger partial charge in [-0.1, -0.05) is 42.0 Å². The van der Waals surface area contributed by atoms with Crippen molar-refractivity contribution in [3.63, 3.8) is 0 Å². The molecule has 0 saturated carbocycles. The molecular weight excluding hydrogens is 347 g/mol. The van der Waals surface area contributed by atoms with Crippen LogP contribution in [0, 0.1) is 6.92 Å². The molecule has 2 atom stereocenters. The molecule has 0 radical (unpaired) electrons. The van der Waals surface area contributed by atoms with Crippen molar-refractivity contribution in [2.24, 2.45) is 0 Å². The van der Waals surface area contributed by atoms with Gasteiger partial charge in [-0.2, -0.15) is 0 Å². The van der Waals surface area contributed by atoms with Crippen LogP contribution in [0.5, 0.6) is 0 Å². The Morgan fingerprint density at radius 2 is 1.63 bits per heavy atom. The van der Waals surface area contributed by atoms with Gasteiger partial charge in [0.15, 0.2) is 11.9 Å². The number of quaternary nitrogens is 1. The molecule has 1 heterocycles. The molecule has 0 aliphatic carbocycles. The van der Waals surface area contributed by atoms with Crippen molar-refractivity contribution in [3.8, 4) is 0 Å². The molecular formula is C16H19IN2. The van der Waals surface area contributed by atoms with E-state index in [1.807, 2.05) is 0 Å². The average Bonchev–Trinajstić information content (AvgIpc) is 2.64. The van der Waals surface area contributed by atoms with Crippen LogP contribution in [-0.4, -0.2) is 14.1 Å². The van der Waals surface area contributed by atoms with Crippen molar-refractivity contribution >= 4 is 11.4 Å². The van der Waals surface area contributed by atoms with Gasteiger partial charge in [0.1, 0.15) is 5.69 Å². The molecule has 2 aromatic rings. The summed E-state index contributed by atoms with van der Waals surface area (Å²) in [5.41, 5.74) is 5.40. The van der Waals surface area contributed by atoms with Gasteiger partial charge in [0.2, 0.25) is 0 Å². The Kier molecular flexibility index (Phi) is 4.16. The number of hydrogen-bond acceptors (Lipinski definition) is 1. The maximum Gasteiger partial charge on any atom is 0.194 e. The lowest BCUT2D eigenvalue weighted by Gasteiger charge is -2.23. The number of nitrogens with one attached hydrogen (secondary N) is 1. The first-order valence-corrected chi connectivity index (χ1v) is 6.41. The predicted molar refractivity (Wildman–Crippen MR) is 75.3 cm³/mol. The Morgan fingerprint density at radius 3 is 2.26 bits per heavy atom. The Bertz CT molecular complexity index is 536. The van der Waals surface area contributed by atoms with Gasteiger partial charge in [-0.05, 0) is 13.0 Å². The molecule has 0 amide bonds. The van der Waals surface area contributed by atoms with Gasteiger partial charge in [0, 0.05) is 18.7 Å². The lowest BCUT2D eigenvalue weighted by molar-refractivity contribution is -0.838. The van der Waals surface area contributed by atoms with Crippen LogP contribution >= 0.6 is 0 Å². The Balaban J connectivity index is 0.00000133. The Labute approximate surface area is 132 Å². The van der Waals surface area contributed by atoms with E-state index >= 15 is 0 Å². The van der Waals surface area contributed by atoms with Crippen molar-refractivity contribution < 1.29 is 28.9 Å². The average molecular weight is 366 g/mol. The SMILES string of the molecule is Cc1ccc(C2N(C)c3ccccc3[NH+]2C)cc1.[I-]. The summed E-state index contributed by atoms with van der Waals surface area (Å²) in [5.74, 6) is 0. The molecule has 1 aliphatic heterocycles. The first-order valence-electron chi connectivity index (χ1n) is 6.41. The molecule has 2 nitrogen and oxygen atoms in total. The van der Waals surface area contributed by atoms with E-state index in [1.54, 1.807) is 0 Å². The Hall–Kier alpha value is -1.07. The van der Waals surface area contributed by atoms with E-state index in [1.165, 1.54) is 27.4 Å². The maximum absolute atomic E-state index is 2.37. The highest BCUT2D eigenvalue weighted by Gasteiger charge is 2.36. The van der Waals surface area contributed by atoms with E-state index in [9.17, 15) is 0 Å². The van der Waals surface area contributed by atoms with Crippen LogP contribution in [0.15, 0.2) is 48.5 Å². The van der Waals surface area contributed by atoms with E-state index in [-0.39, 0.29) is 24.0 Å². The van der Waals surface area contributed by atoms with Crippen molar-refractivity contribution in [1.82, 2.24) is 0 Å². The van der Waals surface area contributed by atoms with Crippen LogP contribution < -0.4 is 33.8 Å². The second-order valence-corrected chi connectivity index (χ2v) is 5.12. The minimum absolute atomic E-state index is 0. The number of halogens is 1. The highest BCUT2D eigenvalue weighted by molar-refractivity contribution is 5.66. The highest BCUT2D eigenvalue weighted by Crippen LogP contribution is 2.33. The first kappa shape index (κ1) is 14.3. The molecule has 0 fully saturated rings. The maximum atomic E-state index is 2.37. The predicted octanol–water partition coefficient (Wildman–Crippen LogP) is -0.706. The summed E-state index contributed by atoms with van der Waals surface area (Å²) >= 11 is 0. The molecule has 2 aromatic carbocycles. The van der Waals surface area contributed by atoms with Gasteiger partial charge < -0.3 is 28.9 Å². The summed E-state index contributed by atoms with van der Waals surface area (Å²) in [7, 11) is 4.42. The third-order valence-electron chi connectivity index (χ3n) is 3.90. The summed E-state index contributed by atoms with van der Waals surface area (Å²) in [6, 6.07) is 17.5. The summed E-state index contributed by atoms with van der Waals surface area (Å²) in [6.45, 7) is 2.13. The normalized spacial score (nSPS) is 20.9. The molecule has 19 heavy (non-hydrogen) atoms. The summed E-state index contributed by atoms with van der Waals surface area (Å²) < 4.78 is 0. The number of nitrogens with zero attached hydrogens (tertiary/aromatic N) is 1. The van der Waals surface area contributed by atoms with Crippen LogP contribution in [0.2, 0.25) is 0 Å². The fourth-order valence-electron chi connectivity index (χ4n) is 2.91. The number of benzene rings is 2. The monoisotopic (exact) mass is 366 g/mol. The first-order chi connectivity index (χ1) is 8.68. The molecule has 0 spiro atoms. The fourth-order valence-corrected chi connectivity index (χ4v) is 2.91. The number of anilines is 1. The van der Waals surface area contributed by atoms with E-state index < -0.39 is 0 Å². The van der Waals surface area contributed by atoms with Crippen molar-refractivity contribution in [1.29, 1.82) is 0 Å². The van der Waals surface area contributed by atoms with Crippen molar-refractivity contribution in [2.75, 3.05) is 19.0 Å². The third-order valence-corrected chi connectivity index (χ3v) is 3.90. The van der Waals surface area contributed by atoms with Gasteiger partial charge in [-0.15, -0.1) is 0 Å². The Morgan fingerprint density at radius 1 is 1.00 bits per heavy atom. The smallest absolute Gasteiger partial charge is 0.194 e. The zero-order chi connectivity index (χ0) is 12.7. The lowest BCUT2D eigenvalue weighted by Crippen LogP contribution is -3.04. The second kappa shape index (κ2) is 5.51. The number of para-hydroxylation sites is 2. The van der Waals surface area contributed by atoms with E-state index in [4.69, 9.17) is 0 Å². The summed E-state index contributed by atoms with van der Waals surface area (Å²) in [6.07, 6.45) is 0.378. The molecule has 3 rings (SSSR count). The zero-order valence-electron chi connectivity index (χ0n) is 11.5. The minimum atomic E-state index is 0. The topological polar surface area (TPSA) is 7.68 Å². The van der Waals surface area contributed by atoms with Crippen molar-refractivity contribution in [2.45, 2.75) is 13.1 Å². The molecule has 100 valence electrons. The van der Waals surface area contributed by atoms with Gasteiger partial charge in [-0.3, -0.25) is 4.90 Å². The van der Waals surface area contributed by atoms with E-state index in [0.717, 1.165) is 0 Å². The van der Waals surface area contributed by atoms with Crippen LogP contribution in [0.3, 0.4) is 0 Å². The number of hydrogen-bond donors (Lipinski definition) is 1. The minimum Gasteiger partial charge on any atom is -1.00 e. The van der Waals surface area contributed by atoms with Gasteiger partial charge >= 0.3 is 0 Å².